The number of carbonyl (C=O) groups is 1. The molecule has 1 aliphatic rings. The van der Waals surface area contributed by atoms with Gasteiger partial charge in [-0.25, -0.2) is 13.8 Å². The van der Waals surface area contributed by atoms with Crippen LogP contribution in [0.4, 0.5) is 20.2 Å². The second-order valence-electron chi connectivity index (χ2n) is 6.56. The van der Waals surface area contributed by atoms with Crippen molar-refractivity contribution in [2.24, 2.45) is 0 Å². The van der Waals surface area contributed by atoms with Gasteiger partial charge in [-0.15, -0.1) is 0 Å². The minimum Gasteiger partial charge on any atom is -0.487 e. The molecule has 2 aromatic rings. The monoisotopic (exact) mass is 406 g/mol. The molecule has 1 aliphatic heterocycles. The minimum absolute atomic E-state index is 0.0233. The number of nitrogens with one attached hydrogen (secondary N) is 1. The van der Waals surface area contributed by atoms with Crippen molar-refractivity contribution in [3.8, 4) is 5.75 Å². The van der Waals surface area contributed by atoms with E-state index in [0.29, 0.717) is 38.2 Å². The third kappa shape index (κ3) is 4.76. The van der Waals surface area contributed by atoms with E-state index in [1.807, 2.05) is 4.90 Å². The number of ether oxygens (including phenoxy) is 1. The number of halogens is 2. The molecule has 1 saturated heterocycles. The largest absolute Gasteiger partial charge is 0.487 e. The Bertz CT molecular complexity index is 917. The van der Waals surface area contributed by atoms with Gasteiger partial charge < -0.3 is 15.0 Å². The van der Waals surface area contributed by atoms with E-state index in [-0.39, 0.29) is 23.2 Å². The normalized spacial score (nSPS) is 14.5. The number of benzene rings is 1. The van der Waals surface area contributed by atoms with E-state index in [1.54, 1.807) is 6.92 Å². The third-order valence-electron chi connectivity index (χ3n) is 4.59. The number of aromatic nitrogens is 1. The molecule has 10 heteroatoms. The van der Waals surface area contributed by atoms with Crippen molar-refractivity contribution in [2.45, 2.75) is 25.9 Å². The quantitative estimate of drug-likeness (QED) is 0.585. The lowest BCUT2D eigenvalue weighted by Crippen LogP contribution is -2.40. The molecule has 154 valence electrons. The fourth-order valence-corrected chi connectivity index (χ4v) is 3.17. The summed E-state index contributed by atoms with van der Waals surface area (Å²) in [6, 6.07) is 4.46. The van der Waals surface area contributed by atoms with E-state index in [4.69, 9.17) is 4.74 Å². The van der Waals surface area contributed by atoms with Crippen LogP contribution in [0, 0.1) is 21.7 Å². The zero-order valence-electron chi connectivity index (χ0n) is 15.7. The van der Waals surface area contributed by atoms with Gasteiger partial charge in [0.25, 0.3) is 11.6 Å². The topological polar surface area (TPSA) is 97.6 Å². The Labute approximate surface area is 165 Å². The first-order valence-corrected chi connectivity index (χ1v) is 9.18. The molecule has 0 spiro atoms. The van der Waals surface area contributed by atoms with Gasteiger partial charge in [0.1, 0.15) is 18.1 Å². The summed E-state index contributed by atoms with van der Waals surface area (Å²) in [7, 11) is 0. The van der Waals surface area contributed by atoms with E-state index < -0.39 is 22.5 Å². The Morgan fingerprint density at radius 1 is 1.34 bits per heavy atom. The van der Waals surface area contributed by atoms with Crippen LogP contribution < -0.4 is 15.0 Å². The summed E-state index contributed by atoms with van der Waals surface area (Å²) in [5, 5.41) is 13.8. The van der Waals surface area contributed by atoms with Crippen LogP contribution in [0.3, 0.4) is 0 Å². The Morgan fingerprint density at radius 2 is 2.07 bits per heavy atom. The predicted octanol–water partition coefficient (Wildman–Crippen LogP) is 3.07. The summed E-state index contributed by atoms with van der Waals surface area (Å²) in [5.74, 6) is -1.89. The van der Waals surface area contributed by atoms with Crippen LogP contribution in [0.2, 0.25) is 0 Å². The Hall–Kier alpha value is -3.30. The van der Waals surface area contributed by atoms with Crippen molar-refractivity contribution < 1.29 is 23.2 Å². The summed E-state index contributed by atoms with van der Waals surface area (Å²) in [6.45, 7) is 3.03. The Morgan fingerprint density at radius 3 is 2.69 bits per heavy atom. The number of piperidine rings is 1. The van der Waals surface area contributed by atoms with Gasteiger partial charge >= 0.3 is 0 Å². The summed E-state index contributed by atoms with van der Waals surface area (Å²) in [6.07, 6.45) is 1.75. The van der Waals surface area contributed by atoms with Gasteiger partial charge in [0.05, 0.1) is 10.6 Å². The molecule has 1 amide bonds. The number of pyridine rings is 1. The summed E-state index contributed by atoms with van der Waals surface area (Å²) >= 11 is 0. The molecular weight excluding hydrogens is 386 g/mol. The number of rotatable bonds is 6. The fourth-order valence-electron chi connectivity index (χ4n) is 3.17. The number of anilines is 1. The molecule has 29 heavy (non-hydrogen) atoms. The molecule has 0 atom stereocenters. The van der Waals surface area contributed by atoms with Gasteiger partial charge in [0.2, 0.25) is 0 Å². The molecule has 0 unspecified atom stereocenters. The molecule has 8 nitrogen and oxygen atoms in total. The second kappa shape index (κ2) is 8.80. The number of hydrogen-bond acceptors (Lipinski definition) is 6. The van der Waals surface area contributed by atoms with Crippen molar-refractivity contribution >= 4 is 17.3 Å². The molecule has 0 radical (unpaired) electrons. The zero-order chi connectivity index (χ0) is 21.0. The first kappa shape index (κ1) is 20.4. The van der Waals surface area contributed by atoms with Crippen LogP contribution in [0.1, 0.15) is 30.3 Å². The van der Waals surface area contributed by atoms with Gasteiger partial charge in [0.15, 0.2) is 17.3 Å². The van der Waals surface area contributed by atoms with Gasteiger partial charge in [0, 0.05) is 44.6 Å². The number of nitrogens with zero attached hydrogens (tertiary/aromatic N) is 3. The van der Waals surface area contributed by atoms with Gasteiger partial charge in [-0.2, -0.15) is 0 Å². The van der Waals surface area contributed by atoms with Crippen molar-refractivity contribution in [3.05, 3.63) is 57.9 Å². The molecular formula is C19H20F2N4O4. The summed E-state index contributed by atoms with van der Waals surface area (Å²) in [5.41, 5.74) is 0.276. The lowest BCUT2D eigenvalue weighted by Gasteiger charge is -2.34. The molecule has 0 saturated carbocycles. The van der Waals surface area contributed by atoms with Gasteiger partial charge in [-0.1, -0.05) is 0 Å². The van der Waals surface area contributed by atoms with Crippen molar-refractivity contribution in [1.82, 2.24) is 10.3 Å². The third-order valence-corrected chi connectivity index (χ3v) is 4.59. The lowest BCUT2D eigenvalue weighted by atomic mass is 10.1. The van der Waals surface area contributed by atoms with Crippen LogP contribution in [0.5, 0.6) is 5.75 Å². The smallest absolute Gasteiger partial charge is 0.289 e. The molecule has 0 aliphatic carbocycles. The van der Waals surface area contributed by atoms with E-state index in [1.165, 1.54) is 12.1 Å². The maximum Gasteiger partial charge on any atom is 0.289 e. The molecule has 2 heterocycles. The number of hydrogen-bond donors (Lipinski definition) is 1. The van der Waals surface area contributed by atoms with Crippen LogP contribution >= 0.6 is 0 Å². The lowest BCUT2D eigenvalue weighted by molar-refractivity contribution is -0.385. The van der Waals surface area contributed by atoms with E-state index in [9.17, 15) is 23.7 Å². The Balaban J connectivity index is 1.74. The average molecular weight is 406 g/mol. The number of carbonyl (C=O) groups excluding carboxylic acids is 1. The molecule has 3 rings (SSSR count). The summed E-state index contributed by atoms with van der Waals surface area (Å²) < 4.78 is 32.4. The highest BCUT2D eigenvalue weighted by atomic mass is 19.1. The van der Waals surface area contributed by atoms with Gasteiger partial charge in [-0.05, 0) is 19.1 Å². The van der Waals surface area contributed by atoms with Crippen LogP contribution in [0.25, 0.3) is 0 Å². The maximum absolute atomic E-state index is 13.8. The Kier molecular flexibility index (Phi) is 6.20. The van der Waals surface area contributed by atoms with E-state index in [0.717, 1.165) is 18.3 Å². The van der Waals surface area contributed by atoms with Crippen LogP contribution in [0.15, 0.2) is 30.5 Å². The van der Waals surface area contributed by atoms with Crippen molar-refractivity contribution in [3.63, 3.8) is 0 Å². The molecule has 0 bridgehead atoms. The maximum atomic E-state index is 13.8. The van der Waals surface area contributed by atoms with Gasteiger partial charge in [-0.3, -0.25) is 14.9 Å². The number of nitro groups is 1. The minimum atomic E-state index is -0.770. The van der Waals surface area contributed by atoms with Crippen LogP contribution in [-0.4, -0.2) is 41.6 Å². The standard InChI is InChI=1S/C19H20F2N4O4/c1-2-22-19(26)18-16(10-13(11-23-18)25(27)28)24-7-5-14(6-8-24)29-17-4-3-12(20)9-15(17)21/h3-4,9-11,14H,2,5-8H2,1H3,(H,22,26). The summed E-state index contributed by atoms with van der Waals surface area (Å²) in [4.78, 5) is 28.7. The van der Waals surface area contributed by atoms with Crippen LogP contribution in [-0.2, 0) is 0 Å². The molecule has 1 aromatic heterocycles. The molecule has 1 fully saturated rings. The zero-order valence-corrected chi connectivity index (χ0v) is 15.7. The predicted molar refractivity (Wildman–Crippen MR) is 101 cm³/mol. The number of amides is 1. The molecule has 1 N–H and O–H groups in total. The highest BCUT2D eigenvalue weighted by Gasteiger charge is 2.27. The van der Waals surface area contributed by atoms with Crippen molar-refractivity contribution in [2.75, 3.05) is 24.5 Å². The van der Waals surface area contributed by atoms with Crippen molar-refractivity contribution in [1.29, 1.82) is 0 Å². The first-order valence-electron chi connectivity index (χ1n) is 9.18. The SMILES string of the molecule is CCNC(=O)c1ncc([N+](=O)[O-])cc1N1CCC(Oc2ccc(F)cc2F)CC1. The molecule has 1 aromatic carbocycles. The van der Waals surface area contributed by atoms with E-state index >= 15 is 0 Å². The average Bonchev–Trinajstić information content (AvgIpc) is 2.70. The highest BCUT2D eigenvalue weighted by Crippen LogP contribution is 2.29. The first-order chi connectivity index (χ1) is 13.9. The second-order valence-corrected chi connectivity index (χ2v) is 6.56. The highest BCUT2D eigenvalue weighted by molar-refractivity contribution is 5.98. The fraction of sp³-hybridized carbons (Fsp3) is 0.368. The van der Waals surface area contributed by atoms with E-state index in [2.05, 4.69) is 10.3 Å².